The van der Waals surface area contributed by atoms with Crippen LogP contribution in [0.15, 0.2) is 24.3 Å². The number of carbonyl (C=O) groups excluding carboxylic acids is 1. The summed E-state index contributed by atoms with van der Waals surface area (Å²) in [5, 5.41) is 9.20. The smallest absolute Gasteiger partial charge is 0.253 e. The van der Waals surface area contributed by atoms with Gasteiger partial charge in [-0.25, -0.2) is 0 Å². The minimum atomic E-state index is 0.0527. The van der Waals surface area contributed by atoms with Crippen molar-refractivity contribution in [2.24, 2.45) is 0 Å². The van der Waals surface area contributed by atoms with Gasteiger partial charge in [-0.05, 0) is 37.1 Å². The molecule has 0 atom stereocenters. The Balaban J connectivity index is 2.05. The fourth-order valence-corrected chi connectivity index (χ4v) is 2.44. The molecule has 1 aromatic carbocycles. The summed E-state index contributed by atoms with van der Waals surface area (Å²) in [7, 11) is 1.88. The quantitative estimate of drug-likeness (QED) is 0.853. The monoisotopic (exact) mass is 233 g/mol. The number of amides is 1. The number of hydrogen-bond acceptors (Lipinski definition) is 2. The molecule has 0 radical (unpaired) electrons. The van der Waals surface area contributed by atoms with E-state index in [2.05, 4.69) is 0 Å². The first-order chi connectivity index (χ1) is 8.18. The molecule has 1 aromatic rings. The van der Waals surface area contributed by atoms with Crippen LogP contribution in [0.25, 0.3) is 0 Å². The van der Waals surface area contributed by atoms with Gasteiger partial charge in [-0.3, -0.25) is 4.79 Å². The molecule has 3 nitrogen and oxygen atoms in total. The lowest BCUT2D eigenvalue weighted by atomic mass is 9.94. The van der Waals surface area contributed by atoms with Crippen LogP contribution in [0.3, 0.4) is 0 Å². The third-order valence-electron chi connectivity index (χ3n) is 3.56. The molecular formula is C14H19NO2. The molecule has 0 heterocycles. The molecule has 2 rings (SSSR count). The van der Waals surface area contributed by atoms with Gasteiger partial charge in [-0.1, -0.05) is 19.3 Å². The Labute approximate surface area is 102 Å². The van der Waals surface area contributed by atoms with Crippen LogP contribution in [-0.2, 0) is 0 Å². The van der Waals surface area contributed by atoms with E-state index < -0.39 is 0 Å². The highest BCUT2D eigenvalue weighted by Gasteiger charge is 2.22. The second-order valence-corrected chi connectivity index (χ2v) is 4.75. The molecule has 17 heavy (non-hydrogen) atoms. The highest BCUT2D eigenvalue weighted by molar-refractivity contribution is 5.94. The third kappa shape index (κ3) is 2.78. The number of phenolic OH excluding ortho intramolecular Hbond substituents is 1. The molecule has 1 aliphatic carbocycles. The minimum absolute atomic E-state index is 0.0527. The largest absolute Gasteiger partial charge is 0.508 e. The number of rotatable bonds is 2. The Kier molecular flexibility index (Phi) is 3.67. The maximum Gasteiger partial charge on any atom is 0.253 e. The first kappa shape index (κ1) is 12.0. The van der Waals surface area contributed by atoms with E-state index in [0.717, 1.165) is 12.8 Å². The third-order valence-corrected chi connectivity index (χ3v) is 3.56. The standard InChI is InChI=1S/C14H19NO2/c1-15(12-5-3-2-4-6-12)14(17)11-7-9-13(16)10-8-11/h7-10,12,16H,2-6H2,1H3. The van der Waals surface area contributed by atoms with Crippen molar-refractivity contribution in [2.45, 2.75) is 38.1 Å². The van der Waals surface area contributed by atoms with Crippen LogP contribution < -0.4 is 0 Å². The van der Waals surface area contributed by atoms with E-state index >= 15 is 0 Å². The van der Waals surface area contributed by atoms with Gasteiger partial charge in [0.15, 0.2) is 0 Å². The average Bonchev–Trinajstić information content (AvgIpc) is 2.39. The fourth-order valence-electron chi connectivity index (χ4n) is 2.44. The van der Waals surface area contributed by atoms with Crippen molar-refractivity contribution >= 4 is 5.91 Å². The van der Waals surface area contributed by atoms with Crippen molar-refractivity contribution in [2.75, 3.05) is 7.05 Å². The van der Waals surface area contributed by atoms with E-state index in [1.807, 2.05) is 11.9 Å². The average molecular weight is 233 g/mol. The van der Waals surface area contributed by atoms with Gasteiger partial charge in [-0.2, -0.15) is 0 Å². The van der Waals surface area contributed by atoms with Gasteiger partial charge in [0.05, 0.1) is 0 Å². The molecule has 0 aromatic heterocycles. The summed E-state index contributed by atoms with van der Waals surface area (Å²) < 4.78 is 0. The molecule has 1 aliphatic rings. The van der Waals surface area contributed by atoms with E-state index in [1.54, 1.807) is 24.3 Å². The summed E-state index contributed by atoms with van der Waals surface area (Å²) in [6, 6.07) is 6.85. The van der Waals surface area contributed by atoms with E-state index in [9.17, 15) is 9.90 Å². The van der Waals surface area contributed by atoms with Gasteiger partial charge >= 0.3 is 0 Å². The van der Waals surface area contributed by atoms with Crippen molar-refractivity contribution in [3.05, 3.63) is 29.8 Å². The predicted octanol–water partition coefficient (Wildman–Crippen LogP) is 2.80. The van der Waals surface area contributed by atoms with Crippen LogP contribution in [0.1, 0.15) is 42.5 Å². The van der Waals surface area contributed by atoms with E-state index in [0.29, 0.717) is 11.6 Å². The summed E-state index contributed by atoms with van der Waals surface area (Å²) in [5.41, 5.74) is 0.649. The SMILES string of the molecule is CN(C(=O)c1ccc(O)cc1)C1CCCCC1. The van der Waals surface area contributed by atoms with Crippen LogP contribution in [-0.4, -0.2) is 29.0 Å². The van der Waals surface area contributed by atoms with Gasteiger partial charge < -0.3 is 10.0 Å². The van der Waals surface area contributed by atoms with Crippen LogP contribution in [0.2, 0.25) is 0 Å². The van der Waals surface area contributed by atoms with E-state index in [-0.39, 0.29) is 11.7 Å². The number of nitrogens with zero attached hydrogens (tertiary/aromatic N) is 1. The van der Waals surface area contributed by atoms with Gasteiger partial charge in [0, 0.05) is 18.7 Å². The highest BCUT2D eigenvalue weighted by Crippen LogP contribution is 2.23. The molecule has 0 unspecified atom stereocenters. The van der Waals surface area contributed by atoms with E-state index in [4.69, 9.17) is 0 Å². The second-order valence-electron chi connectivity index (χ2n) is 4.75. The van der Waals surface area contributed by atoms with Gasteiger partial charge in [0.2, 0.25) is 0 Å². The maximum atomic E-state index is 12.2. The number of benzene rings is 1. The predicted molar refractivity (Wildman–Crippen MR) is 67.1 cm³/mol. The Morgan fingerprint density at radius 1 is 1.18 bits per heavy atom. The lowest BCUT2D eigenvalue weighted by Gasteiger charge is -2.31. The minimum Gasteiger partial charge on any atom is -0.508 e. The van der Waals surface area contributed by atoms with Crippen LogP contribution >= 0.6 is 0 Å². The zero-order valence-corrected chi connectivity index (χ0v) is 10.2. The molecular weight excluding hydrogens is 214 g/mol. The van der Waals surface area contributed by atoms with Crippen molar-refractivity contribution < 1.29 is 9.90 Å². The van der Waals surface area contributed by atoms with Crippen molar-refractivity contribution in [1.82, 2.24) is 4.90 Å². The van der Waals surface area contributed by atoms with Gasteiger partial charge in [0.25, 0.3) is 5.91 Å². The molecule has 1 fully saturated rings. The van der Waals surface area contributed by atoms with Gasteiger partial charge in [0.1, 0.15) is 5.75 Å². The Morgan fingerprint density at radius 3 is 2.35 bits per heavy atom. The Bertz CT molecular complexity index is 380. The van der Waals surface area contributed by atoms with Crippen LogP contribution in [0.4, 0.5) is 0 Å². The molecule has 0 bridgehead atoms. The lowest BCUT2D eigenvalue weighted by Crippen LogP contribution is -2.38. The van der Waals surface area contributed by atoms with Crippen LogP contribution in [0.5, 0.6) is 5.75 Å². The summed E-state index contributed by atoms with van der Waals surface area (Å²) in [4.78, 5) is 14.1. The summed E-state index contributed by atoms with van der Waals surface area (Å²) in [6.45, 7) is 0. The molecule has 0 saturated heterocycles. The topological polar surface area (TPSA) is 40.5 Å². The summed E-state index contributed by atoms with van der Waals surface area (Å²) in [5.74, 6) is 0.249. The number of aromatic hydroxyl groups is 1. The first-order valence-corrected chi connectivity index (χ1v) is 6.24. The summed E-state index contributed by atoms with van der Waals surface area (Å²) in [6.07, 6.45) is 5.95. The molecule has 3 heteroatoms. The zero-order valence-electron chi connectivity index (χ0n) is 10.2. The number of carbonyl (C=O) groups is 1. The molecule has 1 saturated carbocycles. The normalized spacial score (nSPS) is 16.8. The van der Waals surface area contributed by atoms with Crippen LogP contribution in [0, 0.1) is 0 Å². The summed E-state index contributed by atoms with van der Waals surface area (Å²) >= 11 is 0. The second kappa shape index (κ2) is 5.21. The van der Waals surface area contributed by atoms with Crippen molar-refractivity contribution in [3.8, 4) is 5.75 Å². The molecule has 1 amide bonds. The van der Waals surface area contributed by atoms with Crippen molar-refractivity contribution in [3.63, 3.8) is 0 Å². The molecule has 92 valence electrons. The molecule has 1 N–H and O–H groups in total. The number of hydrogen-bond donors (Lipinski definition) is 1. The Morgan fingerprint density at radius 2 is 1.76 bits per heavy atom. The first-order valence-electron chi connectivity index (χ1n) is 6.24. The zero-order chi connectivity index (χ0) is 12.3. The molecule has 0 aliphatic heterocycles. The highest BCUT2D eigenvalue weighted by atomic mass is 16.3. The van der Waals surface area contributed by atoms with Crippen molar-refractivity contribution in [1.29, 1.82) is 0 Å². The molecule has 0 spiro atoms. The van der Waals surface area contributed by atoms with Gasteiger partial charge in [-0.15, -0.1) is 0 Å². The maximum absolute atomic E-state index is 12.2. The fraction of sp³-hybridized carbons (Fsp3) is 0.500. The lowest BCUT2D eigenvalue weighted by molar-refractivity contribution is 0.0696. The number of phenols is 1. The Hall–Kier alpha value is -1.51. The van der Waals surface area contributed by atoms with E-state index in [1.165, 1.54) is 19.3 Å².